The van der Waals surface area contributed by atoms with Crippen LogP contribution < -0.4 is 5.73 Å². The van der Waals surface area contributed by atoms with Crippen LogP contribution in [0.1, 0.15) is 25.7 Å². The van der Waals surface area contributed by atoms with Crippen molar-refractivity contribution in [2.45, 2.75) is 31.7 Å². The van der Waals surface area contributed by atoms with Crippen LogP contribution in [0.5, 0.6) is 0 Å². The Kier molecular flexibility index (Phi) is 3.57. The standard InChI is InChI=1S/C11H19NO2S/c12-10(11(13)14)6-15-5-9-4-7-1-2-8(9)3-7/h7-10H,1-6,12H2,(H,13,14). The molecule has 4 unspecified atom stereocenters. The van der Waals surface area contributed by atoms with Crippen molar-refractivity contribution in [1.82, 2.24) is 0 Å². The monoisotopic (exact) mass is 229 g/mol. The second-order valence-corrected chi connectivity index (χ2v) is 5.99. The van der Waals surface area contributed by atoms with Gasteiger partial charge in [-0.2, -0.15) is 11.8 Å². The summed E-state index contributed by atoms with van der Waals surface area (Å²) in [4.78, 5) is 10.5. The van der Waals surface area contributed by atoms with Crippen LogP contribution in [0.15, 0.2) is 0 Å². The molecule has 3 nitrogen and oxygen atoms in total. The third-order valence-corrected chi connectivity index (χ3v) is 5.09. The van der Waals surface area contributed by atoms with E-state index >= 15 is 0 Å². The fourth-order valence-electron chi connectivity index (χ4n) is 3.00. The Hall–Kier alpha value is -0.220. The Bertz CT molecular complexity index is 247. The molecule has 2 saturated carbocycles. The molecule has 0 saturated heterocycles. The third-order valence-electron chi connectivity index (χ3n) is 3.83. The number of thioether (sulfide) groups is 1. The van der Waals surface area contributed by atoms with E-state index in [2.05, 4.69) is 0 Å². The van der Waals surface area contributed by atoms with Gasteiger partial charge >= 0.3 is 5.97 Å². The Morgan fingerprint density at radius 2 is 2.27 bits per heavy atom. The quantitative estimate of drug-likeness (QED) is 0.751. The van der Waals surface area contributed by atoms with Gasteiger partial charge in [0.05, 0.1) is 0 Å². The Morgan fingerprint density at radius 3 is 2.80 bits per heavy atom. The molecular weight excluding hydrogens is 210 g/mol. The number of carbonyl (C=O) groups is 1. The molecule has 15 heavy (non-hydrogen) atoms. The molecular formula is C11H19NO2S. The molecule has 0 aromatic carbocycles. The molecule has 0 spiro atoms. The molecule has 0 amide bonds. The molecule has 86 valence electrons. The van der Waals surface area contributed by atoms with Crippen LogP contribution in [0.4, 0.5) is 0 Å². The summed E-state index contributed by atoms with van der Waals surface area (Å²) in [5.41, 5.74) is 5.46. The Labute approximate surface area is 94.8 Å². The highest BCUT2D eigenvalue weighted by atomic mass is 32.2. The minimum Gasteiger partial charge on any atom is -0.480 e. The van der Waals surface area contributed by atoms with Crippen LogP contribution in [0.2, 0.25) is 0 Å². The number of rotatable bonds is 5. The zero-order chi connectivity index (χ0) is 10.8. The Morgan fingerprint density at radius 1 is 1.47 bits per heavy atom. The predicted octanol–water partition coefficient (Wildman–Crippen LogP) is 1.57. The summed E-state index contributed by atoms with van der Waals surface area (Å²) >= 11 is 1.72. The molecule has 0 aliphatic heterocycles. The zero-order valence-electron chi connectivity index (χ0n) is 8.89. The first-order chi connectivity index (χ1) is 7.16. The van der Waals surface area contributed by atoms with Gasteiger partial charge in [-0.1, -0.05) is 6.42 Å². The fraction of sp³-hybridized carbons (Fsp3) is 0.909. The maximum Gasteiger partial charge on any atom is 0.321 e. The highest BCUT2D eigenvalue weighted by molar-refractivity contribution is 7.99. The van der Waals surface area contributed by atoms with E-state index in [9.17, 15) is 4.79 Å². The van der Waals surface area contributed by atoms with E-state index in [1.165, 1.54) is 25.7 Å². The molecule has 0 aromatic rings. The van der Waals surface area contributed by atoms with E-state index in [1.54, 1.807) is 11.8 Å². The van der Waals surface area contributed by atoms with Gasteiger partial charge in [0.2, 0.25) is 0 Å². The van der Waals surface area contributed by atoms with Crippen molar-refractivity contribution in [1.29, 1.82) is 0 Å². The first kappa shape index (κ1) is 11.3. The van der Waals surface area contributed by atoms with E-state index in [4.69, 9.17) is 10.8 Å². The summed E-state index contributed by atoms with van der Waals surface area (Å²) in [5.74, 6) is 3.55. The smallest absolute Gasteiger partial charge is 0.321 e. The molecule has 2 bridgehead atoms. The van der Waals surface area contributed by atoms with Crippen molar-refractivity contribution in [2.75, 3.05) is 11.5 Å². The van der Waals surface area contributed by atoms with Gasteiger partial charge in [0.15, 0.2) is 0 Å². The van der Waals surface area contributed by atoms with Gasteiger partial charge in [-0.25, -0.2) is 0 Å². The number of carboxylic acids is 1. The second-order valence-electron chi connectivity index (χ2n) is 4.92. The second kappa shape index (κ2) is 4.74. The van der Waals surface area contributed by atoms with E-state index in [0.29, 0.717) is 5.75 Å². The average Bonchev–Trinajstić information content (AvgIpc) is 2.78. The predicted molar refractivity (Wildman–Crippen MR) is 61.9 cm³/mol. The van der Waals surface area contributed by atoms with Gasteiger partial charge in [-0.05, 0) is 42.8 Å². The normalized spacial score (nSPS) is 35.7. The third kappa shape index (κ3) is 2.67. The highest BCUT2D eigenvalue weighted by Crippen LogP contribution is 2.49. The zero-order valence-corrected chi connectivity index (χ0v) is 9.71. The van der Waals surface area contributed by atoms with E-state index < -0.39 is 12.0 Å². The number of fused-ring (bicyclic) bond motifs is 2. The van der Waals surface area contributed by atoms with Crippen molar-refractivity contribution in [3.63, 3.8) is 0 Å². The van der Waals surface area contributed by atoms with Crippen LogP contribution in [-0.4, -0.2) is 28.6 Å². The van der Waals surface area contributed by atoms with E-state index in [1.807, 2.05) is 0 Å². The number of carboxylic acid groups (broad SMARTS) is 1. The van der Waals surface area contributed by atoms with Crippen molar-refractivity contribution in [3.8, 4) is 0 Å². The van der Waals surface area contributed by atoms with E-state index in [-0.39, 0.29) is 0 Å². The summed E-state index contributed by atoms with van der Waals surface area (Å²) in [5, 5.41) is 8.64. The van der Waals surface area contributed by atoms with Crippen molar-refractivity contribution in [2.24, 2.45) is 23.5 Å². The number of hydrogen-bond acceptors (Lipinski definition) is 3. The van der Waals surface area contributed by atoms with Crippen molar-refractivity contribution in [3.05, 3.63) is 0 Å². The average molecular weight is 229 g/mol. The van der Waals surface area contributed by atoms with Crippen molar-refractivity contribution < 1.29 is 9.90 Å². The maximum atomic E-state index is 10.5. The minimum atomic E-state index is -0.879. The van der Waals surface area contributed by atoms with Crippen LogP contribution in [-0.2, 0) is 4.79 Å². The topological polar surface area (TPSA) is 63.3 Å². The molecule has 2 rings (SSSR count). The first-order valence-corrected chi connectivity index (χ1v) is 6.88. The lowest BCUT2D eigenvalue weighted by Gasteiger charge is -2.21. The molecule has 0 aromatic heterocycles. The number of aliphatic carboxylic acids is 1. The molecule has 2 fully saturated rings. The molecule has 3 N–H and O–H groups in total. The van der Waals surface area contributed by atoms with Crippen LogP contribution in [0.3, 0.4) is 0 Å². The summed E-state index contributed by atoms with van der Waals surface area (Å²) in [6.07, 6.45) is 5.64. The molecule has 4 heteroatoms. The summed E-state index contributed by atoms with van der Waals surface area (Å²) < 4.78 is 0. The lowest BCUT2D eigenvalue weighted by molar-refractivity contribution is -0.137. The van der Waals surface area contributed by atoms with E-state index in [0.717, 1.165) is 23.5 Å². The maximum absolute atomic E-state index is 10.5. The summed E-state index contributed by atoms with van der Waals surface area (Å²) in [6.45, 7) is 0. The minimum absolute atomic E-state index is 0.559. The van der Waals surface area contributed by atoms with Gasteiger partial charge in [0.1, 0.15) is 6.04 Å². The summed E-state index contributed by atoms with van der Waals surface area (Å²) in [6, 6.07) is -0.686. The van der Waals surface area contributed by atoms with Gasteiger partial charge in [0, 0.05) is 5.75 Å². The van der Waals surface area contributed by atoms with Crippen LogP contribution >= 0.6 is 11.8 Å². The van der Waals surface area contributed by atoms with Crippen molar-refractivity contribution >= 4 is 17.7 Å². The number of hydrogen-bond donors (Lipinski definition) is 2. The molecule has 2 aliphatic rings. The number of nitrogens with two attached hydrogens (primary N) is 1. The van der Waals surface area contributed by atoms with Crippen LogP contribution in [0, 0.1) is 17.8 Å². The largest absolute Gasteiger partial charge is 0.480 e. The van der Waals surface area contributed by atoms with Gasteiger partial charge in [0.25, 0.3) is 0 Å². The van der Waals surface area contributed by atoms with Gasteiger partial charge < -0.3 is 10.8 Å². The lowest BCUT2D eigenvalue weighted by Crippen LogP contribution is -2.32. The summed E-state index contributed by atoms with van der Waals surface area (Å²) in [7, 11) is 0. The van der Waals surface area contributed by atoms with Gasteiger partial charge in [-0.15, -0.1) is 0 Å². The first-order valence-electron chi connectivity index (χ1n) is 5.73. The molecule has 0 heterocycles. The van der Waals surface area contributed by atoms with Crippen LogP contribution in [0.25, 0.3) is 0 Å². The molecule has 4 atom stereocenters. The molecule has 2 aliphatic carbocycles. The highest BCUT2D eigenvalue weighted by Gasteiger charge is 2.39. The fourth-order valence-corrected chi connectivity index (χ4v) is 4.24. The van der Waals surface area contributed by atoms with Gasteiger partial charge in [-0.3, -0.25) is 4.79 Å². The lowest BCUT2D eigenvalue weighted by atomic mass is 9.90. The Balaban J connectivity index is 1.64. The SMILES string of the molecule is NC(CSCC1CC2CCC1C2)C(=O)O. The molecule has 0 radical (unpaired) electrons.